The van der Waals surface area contributed by atoms with Crippen molar-refractivity contribution < 1.29 is 37.1 Å². The topological polar surface area (TPSA) is 114 Å². The molecule has 0 aliphatic rings. The number of carbonyl (C=O) groups is 4. The van der Waals surface area contributed by atoms with Gasteiger partial charge in [-0.15, -0.1) is 0 Å². The first-order valence-electron chi connectivity index (χ1n) is 9.44. The summed E-state index contributed by atoms with van der Waals surface area (Å²) in [5.74, 6) is -2.48. The van der Waals surface area contributed by atoms with Gasteiger partial charge in [-0.05, 0) is 42.5 Å². The molecule has 8 nitrogen and oxygen atoms in total. The van der Waals surface area contributed by atoms with Crippen molar-refractivity contribution in [3.8, 4) is 0 Å². The van der Waals surface area contributed by atoms with E-state index in [1.807, 2.05) is 0 Å². The van der Waals surface area contributed by atoms with Crippen molar-refractivity contribution in [2.24, 2.45) is 0 Å². The highest BCUT2D eigenvalue weighted by Gasteiger charge is 2.31. The smallest absolute Gasteiger partial charge is 0.416 e. The van der Waals surface area contributed by atoms with Crippen LogP contribution in [-0.2, 0) is 30.1 Å². The first-order valence-corrected chi connectivity index (χ1v) is 9.81. The molecule has 0 bridgehead atoms. The van der Waals surface area contributed by atoms with Gasteiger partial charge in [0, 0.05) is 24.7 Å². The number of hydrogen-bond acceptors (Lipinski definition) is 5. The minimum atomic E-state index is -4.61. The van der Waals surface area contributed by atoms with E-state index in [2.05, 4.69) is 16.0 Å². The molecule has 0 saturated carbocycles. The summed E-state index contributed by atoms with van der Waals surface area (Å²) in [5.41, 5.74) is -0.287. The Balaban J connectivity index is 1.76. The molecule has 2 rings (SSSR count). The van der Waals surface area contributed by atoms with Crippen LogP contribution in [-0.4, -0.2) is 30.3 Å². The van der Waals surface area contributed by atoms with Crippen LogP contribution in [0.5, 0.6) is 0 Å². The van der Waals surface area contributed by atoms with Crippen LogP contribution in [0.2, 0.25) is 5.02 Å². The zero-order chi connectivity index (χ0) is 24.6. The summed E-state index contributed by atoms with van der Waals surface area (Å²) in [6.45, 7) is 0.752. The predicted molar refractivity (Wildman–Crippen MR) is 115 cm³/mol. The van der Waals surface area contributed by atoms with Gasteiger partial charge < -0.3 is 20.7 Å². The molecule has 33 heavy (non-hydrogen) atoms. The fourth-order valence-corrected chi connectivity index (χ4v) is 2.65. The molecule has 176 valence electrons. The van der Waals surface area contributed by atoms with Gasteiger partial charge in [0.1, 0.15) is 0 Å². The first-order chi connectivity index (χ1) is 15.4. The van der Waals surface area contributed by atoms with Gasteiger partial charge in [0.15, 0.2) is 6.61 Å². The molecule has 0 heterocycles. The lowest BCUT2D eigenvalue weighted by molar-refractivity contribution is -0.147. The van der Waals surface area contributed by atoms with E-state index in [-0.39, 0.29) is 16.6 Å². The minimum Gasteiger partial charge on any atom is -0.456 e. The first kappa shape index (κ1) is 25.7. The van der Waals surface area contributed by atoms with Crippen LogP contribution in [0.3, 0.4) is 0 Å². The van der Waals surface area contributed by atoms with E-state index in [0.717, 1.165) is 12.1 Å². The lowest BCUT2D eigenvalue weighted by Gasteiger charge is -2.11. The summed E-state index contributed by atoms with van der Waals surface area (Å²) in [5, 5.41) is 7.16. The zero-order valence-corrected chi connectivity index (χ0v) is 18.0. The Morgan fingerprint density at radius 3 is 2.06 bits per heavy atom. The van der Waals surface area contributed by atoms with Crippen LogP contribution in [0.25, 0.3) is 0 Å². The molecule has 0 unspecified atom stereocenters. The van der Waals surface area contributed by atoms with E-state index in [9.17, 15) is 32.3 Å². The fraction of sp³-hybridized carbons (Fsp3) is 0.238. The highest BCUT2D eigenvalue weighted by molar-refractivity contribution is 6.33. The minimum absolute atomic E-state index is 0.0966. The van der Waals surface area contributed by atoms with Gasteiger partial charge in [0.2, 0.25) is 11.8 Å². The number of halogens is 4. The van der Waals surface area contributed by atoms with Crippen LogP contribution in [0.4, 0.5) is 30.2 Å². The van der Waals surface area contributed by atoms with Gasteiger partial charge in [-0.1, -0.05) is 11.6 Å². The Hall–Kier alpha value is -3.60. The van der Waals surface area contributed by atoms with Crippen LogP contribution in [0, 0.1) is 0 Å². The number of carbonyl (C=O) groups excluding carboxylic acids is 4. The second-order valence-corrected chi connectivity index (χ2v) is 7.12. The molecule has 12 heteroatoms. The lowest BCUT2D eigenvalue weighted by atomic mass is 10.2. The van der Waals surface area contributed by atoms with E-state index >= 15 is 0 Å². The van der Waals surface area contributed by atoms with Crippen LogP contribution < -0.4 is 16.0 Å². The van der Waals surface area contributed by atoms with Crippen molar-refractivity contribution in [1.29, 1.82) is 0 Å². The molecule has 0 radical (unpaired) electrons. The number of hydrogen-bond donors (Lipinski definition) is 3. The van der Waals surface area contributed by atoms with Crippen molar-refractivity contribution in [3.63, 3.8) is 0 Å². The van der Waals surface area contributed by atoms with E-state index in [0.29, 0.717) is 17.4 Å². The molecule has 2 aromatic carbocycles. The Bertz CT molecular complexity index is 1040. The monoisotopic (exact) mass is 485 g/mol. The highest BCUT2D eigenvalue weighted by Crippen LogP contribution is 2.33. The number of ether oxygens (including phenoxy) is 1. The summed E-state index contributed by atoms with van der Waals surface area (Å²) < 4.78 is 43.1. The maximum atomic E-state index is 12.8. The van der Waals surface area contributed by atoms with Gasteiger partial charge in [-0.3, -0.25) is 19.2 Å². The SMILES string of the molecule is CC(=O)Nc1ccc(NC(=O)COC(=O)CCC(=O)Nc2cc(C(F)(F)F)ccc2Cl)cc1. The van der Waals surface area contributed by atoms with Crippen molar-refractivity contribution in [3.05, 3.63) is 53.1 Å². The number of nitrogens with one attached hydrogen (secondary N) is 3. The quantitative estimate of drug-likeness (QED) is 0.484. The van der Waals surface area contributed by atoms with E-state index in [1.165, 1.54) is 19.1 Å². The Kier molecular flexibility index (Phi) is 8.80. The molecule has 0 fully saturated rings. The van der Waals surface area contributed by atoms with E-state index in [4.69, 9.17) is 16.3 Å². The molecular weight excluding hydrogens is 467 g/mol. The molecule has 0 spiro atoms. The molecular formula is C21H19ClF3N3O5. The number of amides is 3. The predicted octanol–water partition coefficient (Wildman–Crippen LogP) is 4.22. The molecule has 0 aromatic heterocycles. The van der Waals surface area contributed by atoms with E-state index < -0.39 is 49.0 Å². The molecule has 0 saturated heterocycles. The largest absolute Gasteiger partial charge is 0.456 e. The summed E-state index contributed by atoms with van der Waals surface area (Å²) in [6, 6.07) is 8.67. The number of benzene rings is 2. The number of rotatable bonds is 8. The average molecular weight is 486 g/mol. The molecule has 0 aliphatic carbocycles. The van der Waals surface area contributed by atoms with Gasteiger partial charge in [0.25, 0.3) is 5.91 Å². The molecule has 3 N–H and O–H groups in total. The molecule has 3 amide bonds. The Morgan fingerprint density at radius 2 is 1.48 bits per heavy atom. The lowest BCUT2D eigenvalue weighted by Crippen LogP contribution is -2.22. The maximum absolute atomic E-state index is 12.8. The average Bonchev–Trinajstić information content (AvgIpc) is 2.72. The van der Waals surface area contributed by atoms with Crippen molar-refractivity contribution in [1.82, 2.24) is 0 Å². The van der Waals surface area contributed by atoms with Gasteiger partial charge in [0.05, 0.1) is 22.7 Å². The van der Waals surface area contributed by atoms with Crippen molar-refractivity contribution >= 4 is 52.4 Å². The standard InChI is InChI=1S/C21H19ClF3N3O5/c1-12(29)26-14-3-5-15(6-4-14)27-19(31)11-33-20(32)9-8-18(30)28-17-10-13(21(23,24)25)2-7-16(17)22/h2-7,10H,8-9,11H2,1H3,(H,26,29)(H,27,31)(H,28,30). The van der Waals surface area contributed by atoms with Crippen molar-refractivity contribution in [2.45, 2.75) is 25.9 Å². The third-order valence-electron chi connectivity index (χ3n) is 3.98. The number of anilines is 3. The number of esters is 1. The summed E-state index contributed by atoms with van der Waals surface area (Å²) in [4.78, 5) is 46.5. The Morgan fingerprint density at radius 1 is 0.879 bits per heavy atom. The normalized spacial score (nSPS) is 10.8. The molecule has 2 aromatic rings. The van der Waals surface area contributed by atoms with Crippen LogP contribution in [0.15, 0.2) is 42.5 Å². The van der Waals surface area contributed by atoms with Crippen LogP contribution in [0.1, 0.15) is 25.3 Å². The van der Waals surface area contributed by atoms with Crippen molar-refractivity contribution in [2.75, 3.05) is 22.6 Å². The fourth-order valence-electron chi connectivity index (χ4n) is 2.48. The third-order valence-corrected chi connectivity index (χ3v) is 4.31. The third kappa shape index (κ3) is 8.81. The van der Waals surface area contributed by atoms with Gasteiger partial charge in [-0.2, -0.15) is 13.2 Å². The zero-order valence-electron chi connectivity index (χ0n) is 17.2. The highest BCUT2D eigenvalue weighted by atomic mass is 35.5. The number of alkyl halides is 3. The van der Waals surface area contributed by atoms with E-state index in [1.54, 1.807) is 12.1 Å². The maximum Gasteiger partial charge on any atom is 0.416 e. The Labute approximate surface area is 191 Å². The van der Waals surface area contributed by atoms with Crippen LogP contribution >= 0.6 is 11.6 Å². The summed E-state index contributed by atoms with van der Waals surface area (Å²) in [6.07, 6.45) is -5.40. The van der Waals surface area contributed by atoms with Gasteiger partial charge in [-0.25, -0.2) is 0 Å². The molecule has 0 atom stereocenters. The summed E-state index contributed by atoms with van der Waals surface area (Å²) >= 11 is 5.80. The second-order valence-electron chi connectivity index (χ2n) is 6.71. The second kappa shape index (κ2) is 11.3. The molecule has 0 aliphatic heterocycles. The summed E-state index contributed by atoms with van der Waals surface area (Å²) in [7, 11) is 0. The van der Waals surface area contributed by atoms with Gasteiger partial charge >= 0.3 is 12.1 Å².